The second-order valence-corrected chi connectivity index (χ2v) is 7.04. The summed E-state index contributed by atoms with van der Waals surface area (Å²) in [7, 11) is -2.96. The summed E-state index contributed by atoms with van der Waals surface area (Å²) in [5.74, 6) is 0.641. The number of sulfone groups is 1. The highest BCUT2D eigenvalue weighted by Crippen LogP contribution is 2.26. The molecule has 1 aromatic carbocycles. The van der Waals surface area contributed by atoms with E-state index in [4.69, 9.17) is 10.00 Å². The van der Waals surface area contributed by atoms with Crippen molar-refractivity contribution < 1.29 is 13.2 Å². The van der Waals surface area contributed by atoms with Crippen LogP contribution in [0.5, 0.6) is 5.75 Å². The smallest absolute Gasteiger partial charge is 0.154 e. The molecule has 0 spiro atoms. The molecule has 90 valence electrons. The average Bonchev–Trinajstić information content (AvgIpc) is 2.61. The summed E-state index contributed by atoms with van der Waals surface area (Å²) in [4.78, 5) is 0. The molecule has 1 atom stereocenters. The molecule has 0 radical (unpaired) electrons. The number of hydrogen-bond donors (Lipinski definition) is 0. The Hall–Kier alpha value is -1.06. The Morgan fingerprint density at radius 1 is 1.47 bits per heavy atom. The van der Waals surface area contributed by atoms with Crippen LogP contribution in [0.15, 0.2) is 22.7 Å². The van der Waals surface area contributed by atoms with E-state index in [2.05, 4.69) is 15.9 Å². The van der Waals surface area contributed by atoms with E-state index in [1.165, 1.54) is 0 Å². The lowest BCUT2D eigenvalue weighted by Crippen LogP contribution is -2.18. The van der Waals surface area contributed by atoms with Crippen LogP contribution in [0.1, 0.15) is 12.0 Å². The Bertz CT molecular complexity index is 577. The van der Waals surface area contributed by atoms with E-state index in [-0.39, 0.29) is 17.6 Å². The van der Waals surface area contributed by atoms with Crippen molar-refractivity contribution in [3.63, 3.8) is 0 Å². The fourth-order valence-electron chi connectivity index (χ4n) is 1.73. The van der Waals surface area contributed by atoms with Gasteiger partial charge in [0.1, 0.15) is 17.9 Å². The van der Waals surface area contributed by atoms with Crippen LogP contribution in [0, 0.1) is 11.3 Å². The topological polar surface area (TPSA) is 67.2 Å². The third kappa shape index (κ3) is 2.99. The van der Waals surface area contributed by atoms with Crippen molar-refractivity contribution in [1.29, 1.82) is 5.26 Å². The fraction of sp³-hybridized carbons (Fsp3) is 0.364. The minimum absolute atomic E-state index is 0.0356. The lowest BCUT2D eigenvalue weighted by Gasteiger charge is -2.13. The van der Waals surface area contributed by atoms with Gasteiger partial charge < -0.3 is 4.74 Å². The van der Waals surface area contributed by atoms with E-state index in [1.807, 2.05) is 6.07 Å². The van der Waals surface area contributed by atoms with Gasteiger partial charge in [0, 0.05) is 4.47 Å². The molecule has 0 aromatic heterocycles. The molecule has 1 aliphatic rings. The summed E-state index contributed by atoms with van der Waals surface area (Å²) in [5.41, 5.74) is 0.406. The molecular formula is C11H10BrNO3S. The van der Waals surface area contributed by atoms with Crippen LogP contribution < -0.4 is 4.74 Å². The summed E-state index contributed by atoms with van der Waals surface area (Å²) in [5, 5.41) is 8.95. The molecule has 1 fully saturated rings. The molecule has 0 N–H and O–H groups in total. The third-order valence-corrected chi connectivity index (χ3v) is 4.78. The molecule has 1 heterocycles. The van der Waals surface area contributed by atoms with E-state index < -0.39 is 9.84 Å². The van der Waals surface area contributed by atoms with Crippen molar-refractivity contribution in [3.8, 4) is 11.8 Å². The summed E-state index contributed by atoms with van der Waals surface area (Å²) < 4.78 is 28.9. The molecule has 1 aromatic rings. The van der Waals surface area contributed by atoms with Gasteiger partial charge in [0.2, 0.25) is 0 Å². The first-order valence-electron chi connectivity index (χ1n) is 5.07. The van der Waals surface area contributed by atoms with Gasteiger partial charge in [0.25, 0.3) is 0 Å². The zero-order valence-corrected chi connectivity index (χ0v) is 11.3. The number of nitriles is 1. The second-order valence-electron chi connectivity index (χ2n) is 3.90. The monoisotopic (exact) mass is 315 g/mol. The first-order valence-corrected chi connectivity index (χ1v) is 7.68. The summed E-state index contributed by atoms with van der Waals surface area (Å²) in [6.45, 7) is 0. The normalized spacial score (nSPS) is 22.0. The standard InChI is InChI=1S/C11H10BrNO3S/c12-9-1-2-11(8(5-9)6-13)16-10-3-4-17(14,15)7-10/h1-2,5,10H,3-4,7H2. The van der Waals surface area contributed by atoms with Crippen LogP contribution in [0.4, 0.5) is 0 Å². The maximum absolute atomic E-state index is 11.3. The van der Waals surface area contributed by atoms with Crippen LogP contribution in [-0.2, 0) is 9.84 Å². The van der Waals surface area contributed by atoms with Gasteiger partial charge >= 0.3 is 0 Å². The van der Waals surface area contributed by atoms with Crippen LogP contribution >= 0.6 is 15.9 Å². The maximum Gasteiger partial charge on any atom is 0.154 e. The number of rotatable bonds is 2. The maximum atomic E-state index is 11.3. The van der Waals surface area contributed by atoms with Gasteiger partial charge in [0.05, 0.1) is 17.1 Å². The summed E-state index contributed by atoms with van der Waals surface area (Å²) in [6.07, 6.45) is 0.150. The van der Waals surface area contributed by atoms with Crippen molar-refractivity contribution in [2.45, 2.75) is 12.5 Å². The van der Waals surface area contributed by atoms with E-state index in [0.29, 0.717) is 17.7 Å². The SMILES string of the molecule is N#Cc1cc(Br)ccc1OC1CCS(=O)(=O)C1. The largest absolute Gasteiger partial charge is 0.488 e. The van der Waals surface area contributed by atoms with Crippen molar-refractivity contribution in [1.82, 2.24) is 0 Å². The van der Waals surface area contributed by atoms with Crippen LogP contribution in [0.3, 0.4) is 0 Å². The van der Waals surface area contributed by atoms with Crippen molar-refractivity contribution in [2.75, 3.05) is 11.5 Å². The lowest BCUT2D eigenvalue weighted by atomic mass is 10.2. The van der Waals surface area contributed by atoms with Gasteiger partial charge in [-0.1, -0.05) is 15.9 Å². The predicted octanol–water partition coefficient (Wildman–Crippen LogP) is 1.89. The molecule has 0 bridgehead atoms. The zero-order valence-electron chi connectivity index (χ0n) is 8.89. The summed E-state index contributed by atoms with van der Waals surface area (Å²) in [6, 6.07) is 7.12. The molecule has 2 rings (SSSR count). The Labute approximate surface area is 108 Å². The summed E-state index contributed by atoms with van der Waals surface area (Å²) >= 11 is 3.27. The van der Waals surface area contributed by atoms with E-state index in [1.54, 1.807) is 18.2 Å². The first kappa shape index (κ1) is 12.4. The Balaban J connectivity index is 2.18. The number of hydrogen-bond acceptors (Lipinski definition) is 4. The predicted molar refractivity (Wildman–Crippen MR) is 66.5 cm³/mol. The molecular weight excluding hydrogens is 306 g/mol. The minimum atomic E-state index is -2.96. The number of halogens is 1. The molecule has 6 heteroatoms. The van der Waals surface area contributed by atoms with Gasteiger partial charge in [-0.25, -0.2) is 8.42 Å². The zero-order chi connectivity index (χ0) is 12.5. The molecule has 4 nitrogen and oxygen atoms in total. The highest BCUT2D eigenvalue weighted by molar-refractivity contribution is 9.10. The molecule has 0 saturated carbocycles. The third-order valence-electron chi connectivity index (χ3n) is 2.55. The average molecular weight is 316 g/mol. The number of benzene rings is 1. The number of ether oxygens (including phenoxy) is 1. The van der Waals surface area contributed by atoms with Crippen LogP contribution in [0.25, 0.3) is 0 Å². The number of nitrogens with zero attached hydrogens (tertiary/aromatic N) is 1. The first-order chi connectivity index (χ1) is 8.00. The van der Waals surface area contributed by atoms with Gasteiger partial charge in [-0.2, -0.15) is 5.26 Å². The van der Waals surface area contributed by atoms with Crippen molar-refractivity contribution in [2.24, 2.45) is 0 Å². The quantitative estimate of drug-likeness (QED) is 0.835. The Morgan fingerprint density at radius 2 is 2.24 bits per heavy atom. The van der Waals surface area contributed by atoms with Gasteiger partial charge in [0.15, 0.2) is 9.84 Å². The van der Waals surface area contributed by atoms with Crippen LogP contribution in [-0.4, -0.2) is 26.0 Å². The fourth-order valence-corrected chi connectivity index (χ4v) is 3.68. The molecule has 1 unspecified atom stereocenters. The van der Waals surface area contributed by atoms with E-state index >= 15 is 0 Å². The molecule has 1 saturated heterocycles. The van der Waals surface area contributed by atoms with Gasteiger partial charge in [-0.3, -0.25) is 0 Å². The molecule has 1 aliphatic heterocycles. The molecule has 17 heavy (non-hydrogen) atoms. The van der Waals surface area contributed by atoms with E-state index in [0.717, 1.165) is 4.47 Å². The van der Waals surface area contributed by atoms with Crippen molar-refractivity contribution >= 4 is 25.8 Å². The van der Waals surface area contributed by atoms with Crippen molar-refractivity contribution in [3.05, 3.63) is 28.2 Å². The molecule has 0 aliphatic carbocycles. The van der Waals surface area contributed by atoms with Gasteiger partial charge in [-0.15, -0.1) is 0 Å². The minimum Gasteiger partial charge on any atom is -0.488 e. The Kier molecular flexibility index (Phi) is 3.40. The Morgan fingerprint density at radius 3 is 2.82 bits per heavy atom. The highest BCUT2D eigenvalue weighted by atomic mass is 79.9. The molecule has 0 amide bonds. The second kappa shape index (κ2) is 4.67. The lowest BCUT2D eigenvalue weighted by molar-refractivity contribution is 0.228. The van der Waals surface area contributed by atoms with Gasteiger partial charge in [-0.05, 0) is 24.6 Å². The van der Waals surface area contributed by atoms with E-state index in [9.17, 15) is 8.42 Å². The van der Waals surface area contributed by atoms with Crippen LogP contribution in [0.2, 0.25) is 0 Å². The highest BCUT2D eigenvalue weighted by Gasteiger charge is 2.29.